The molecule has 0 saturated heterocycles. The van der Waals surface area contributed by atoms with Crippen LogP contribution in [0.15, 0.2) is 18.3 Å². The summed E-state index contributed by atoms with van der Waals surface area (Å²) >= 11 is 0. The smallest absolute Gasteiger partial charge is 0.423 e. The van der Waals surface area contributed by atoms with Gasteiger partial charge in [0.2, 0.25) is 0 Å². The maximum atomic E-state index is 10.0. The predicted octanol–water partition coefficient (Wildman–Crippen LogP) is 0.207. The molecule has 5 nitrogen and oxygen atoms in total. The molecule has 1 aromatic heterocycles. The second-order valence-corrected chi connectivity index (χ2v) is 5.09. The second kappa shape index (κ2) is 5.06. The molecule has 0 bridgehead atoms. The molecule has 0 aliphatic heterocycles. The zero-order chi connectivity index (χ0) is 14.0. The lowest BCUT2D eigenvalue weighted by molar-refractivity contribution is -0.0982. The van der Waals surface area contributed by atoms with E-state index in [1.165, 1.54) is 6.20 Å². The number of hydrogen-bond donors (Lipinski definition) is 2. The summed E-state index contributed by atoms with van der Waals surface area (Å²) in [4.78, 5) is 3.85. The molecular formula is C12H17BN2O3. The van der Waals surface area contributed by atoms with Crippen LogP contribution in [-0.2, 0) is 4.65 Å². The third-order valence-electron chi connectivity index (χ3n) is 3.09. The molecule has 1 heterocycles. The Balaban J connectivity index is 2.97. The first kappa shape index (κ1) is 14.6. The summed E-state index contributed by atoms with van der Waals surface area (Å²) in [5.41, 5.74) is -1.72. The Bertz CT molecular complexity index is 463. The summed E-state index contributed by atoms with van der Waals surface area (Å²) in [5, 5.41) is 28.9. The van der Waals surface area contributed by atoms with Crippen LogP contribution in [-0.4, -0.2) is 33.4 Å². The summed E-state index contributed by atoms with van der Waals surface area (Å²) in [6, 6.07) is 5.06. The van der Waals surface area contributed by atoms with Crippen molar-refractivity contribution in [3.63, 3.8) is 0 Å². The van der Waals surface area contributed by atoms with E-state index in [1.807, 2.05) is 6.07 Å². The van der Waals surface area contributed by atoms with Crippen molar-refractivity contribution in [2.45, 2.75) is 38.9 Å². The van der Waals surface area contributed by atoms with Crippen molar-refractivity contribution in [2.24, 2.45) is 0 Å². The first-order valence-electron chi connectivity index (χ1n) is 5.62. The van der Waals surface area contributed by atoms with Crippen LogP contribution in [0.3, 0.4) is 0 Å². The summed E-state index contributed by atoms with van der Waals surface area (Å²) in [7, 11) is -1.31. The summed E-state index contributed by atoms with van der Waals surface area (Å²) in [6.07, 6.45) is 1.47. The summed E-state index contributed by atoms with van der Waals surface area (Å²) in [6.45, 7) is 6.51. The maximum absolute atomic E-state index is 10.0. The number of aromatic nitrogens is 1. The van der Waals surface area contributed by atoms with Crippen LogP contribution in [0.2, 0.25) is 0 Å². The van der Waals surface area contributed by atoms with Gasteiger partial charge in [0.05, 0.1) is 11.2 Å². The van der Waals surface area contributed by atoms with Gasteiger partial charge in [0.15, 0.2) is 0 Å². The highest BCUT2D eigenvalue weighted by atomic mass is 16.5. The van der Waals surface area contributed by atoms with Gasteiger partial charge in [-0.3, -0.25) is 0 Å². The van der Waals surface area contributed by atoms with E-state index in [2.05, 4.69) is 4.98 Å². The third-order valence-corrected chi connectivity index (χ3v) is 3.09. The fraction of sp³-hybridized carbons (Fsp3) is 0.500. The lowest BCUT2D eigenvalue weighted by Gasteiger charge is -2.38. The van der Waals surface area contributed by atoms with Crippen molar-refractivity contribution in [1.82, 2.24) is 4.98 Å². The fourth-order valence-corrected chi connectivity index (χ4v) is 1.20. The highest BCUT2D eigenvalue weighted by molar-refractivity contribution is 6.60. The van der Waals surface area contributed by atoms with E-state index < -0.39 is 18.3 Å². The Morgan fingerprint density at radius 3 is 2.50 bits per heavy atom. The number of pyridine rings is 1. The van der Waals surface area contributed by atoms with E-state index >= 15 is 0 Å². The van der Waals surface area contributed by atoms with Crippen LogP contribution >= 0.6 is 0 Å². The molecule has 0 amide bonds. The van der Waals surface area contributed by atoms with Crippen LogP contribution in [0.25, 0.3) is 0 Å². The highest BCUT2D eigenvalue weighted by Crippen LogP contribution is 2.25. The molecule has 1 rings (SSSR count). The molecule has 0 saturated carbocycles. The number of nitrogens with zero attached hydrogens (tertiary/aromatic N) is 2. The number of nitriles is 1. The minimum Gasteiger partial charge on any atom is -0.423 e. The van der Waals surface area contributed by atoms with Crippen molar-refractivity contribution in [3.8, 4) is 6.07 Å². The molecular weight excluding hydrogens is 231 g/mol. The van der Waals surface area contributed by atoms with Gasteiger partial charge in [-0.25, -0.2) is 4.98 Å². The molecule has 0 aromatic carbocycles. The van der Waals surface area contributed by atoms with Crippen molar-refractivity contribution >= 4 is 12.6 Å². The highest BCUT2D eigenvalue weighted by Gasteiger charge is 2.40. The van der Waals surface area contributed by atoms with E-state index in [1.54, 1.807) is 39.8 Å². The minimum atomic E-state index is -1.31. The molecule has 0 aliphatic rings. The lowest BCUT2D eigenvalue weighted by Crippen LogP contribution is -2.53. The minimum absolute atomic E-state index is 0.108. The average molecular weight is 248 g/mol. The van der Waals surface area contributed by atoms with Crippen molar-refractivity contribution in [3.05, 3.63) is 24.0 Å². The molecule has 0 atom stereocenters. The summed E-state index contributed by atoms with van der Waals surface area (Å²) < 4.78 is 5.45. The van der Waals surface area contributed by atoms with Crippen molar-refractivity contribution < 1.29 is 14.8 Å². The molecule has 96 valence electrons. The number of hydrogen-bond acceptors (Lipinski definition) is 5. The SMILES string of the molecule is CC(C)(O)C(C)(C)OB(O)c1cccnc1C#N. The summed E-state index contributed by atoms with van der Waals surface area (Å²) in [5.74, 6) is 0. The van der Waals surface area contributed by atoms with Gasteiger partial charge in [-0.2, -0.15) is 5.26 Å². The van der Waals surface area contributed by atoms with E-state index in [9.17, 15) is 10.1 Å². The Labute approximate surface area is 107 Å². The van der Waals surface area contributed by atoms with Gasteiger partial charge in [0, 0.05) is 11.7 Å². The van der Waals surface area contributed by atoms with Gasteiger partial charge in [0.1, 0.15) is 11.8 Å². The molecule has 0 unspecified atom stereocenters. The topological polar surface area (TPSA) is 86.4 Å². The zero-order valence-electron chi connectivity index (χ0n) is 11.0. The van der Waals surface area contributed by atoms with Crippen LogP contribution in [0, 0.1) is 11.3 Å². The van der Waals surface area contributed by atoms with Gasteiger partial charge < -0.3 is 14.8 Å². The first-order chi connectivity index (χ1) is 8.19. The molecule has 0 radical (unpaired) electrons. The first-order valence-corrected chi connectivity index (χ1v) is 5.62. The van der Waals surface area contributed by atoms with Crippen molar-refractivity contribution in [1.29, 1.82) is 5.26 Å². The monoisotopic (exact) mass is 248 g/mol. The Morgan fingerprint density at radius 2 is 2.00 bits per heavy atom. The predicted molar refractivity (Wildman–Crippen MR) is 68.0 cm³/mol. The Morgan fingerprint density at radius 1 is 1.39 bits per heavy atom. The standard InChI is InChI=1S/C12H17BN2O3/c1-11(2,16)12(3,4)18-13(17)9-6-5-7-15-10(9)8-14/h5-7,16-17H,1-4H3. The molecule has 0 fully saturated rings. The van der Waals surface area contributed by atoms with Gasteiger partial charge in [-0.15, -0.1) is 0 Å². The molecule has 0 spiro atoms. The van der Waals surface area contributed by atoms with Gasteiger partial charge in [-0.1, -0.05) is 6.07 Å². The van der Waals surface area contributed by atoms with Crippen LogP contribution in [0.1, 0.15) is 33.4 Å². The van der Waals surface area contributed by atoms with Gasteiger partial charge in [0.25, 0.3) is 0 Å². The Hall–Kier alpha value is -1.42. The number of aliphatic hydroxyl groups is 1. The van der Waals surface area contributed by atoms with Gasteiger partial charge >= 0.3 is 7.12 Å². The van der Waals surface area contributed by atoms with E-state index in [0.717, 1.165) is 0 Å². The van der Waals surface area contributed by atoms with Crippen LogP contribution in [0.5, 0.6) is 0 Å². The van der Waals surface area contributed by atoms with Gasteiger partial charge in [-0.05, 0) is 33.8 Å². The largest absolute Gasteiger partial charge is 0.494 e. The number of rotatable bonds is 4. The molecule has 0 aliphatic carbocycles. The molecule has 1 aromatic rings. The maximum Gasteiger partial charge on any atom is 0.494 e. The van der Waals surface area contributed by atoms with Crippen LogP contribution in [0.4, 0.5) is 0 Å². The quantitative estimate of drug-likeness (QED) is 0.743. The molecule has 2 N–H and O–H groups in total. The van der Waals surface area contributed by atoms with Crippen molar-refractivity contribution in [2.75, 3.05) is 0 Å². The van der Waals surface area contributed by atoms with E-state index in [0.29, 0.717) is 0 Å². The van der Waals surface area contributed by atoms with Crippen LogP contribution < -0.4 is 5.46 Å². The van der Waals surface area contributed by atoms with E-state index in [-0.39, 0.29) is 11.2 Å². The molecule has 6 heteroatoms. The lowest BCUT2D eigenvalue weighted by atomic mass is 9.75. The normalized spacial score (nSPS) is 12.1. The fourth-order valence-electron chi connectivity index (χ4n) is 1.20. The van der Waals surface area contributed by atoms with E-state index in [4.69, 9.17) is 9.92 Å². The average Bonchev–Trinajstić information content (AvgIpc) is 2.26. The second-order valence-electron chi connectivity index (χ2n) is 5.09. The third kappa shape index (κ3) is 3.08. The Kier molecular flexibility index (Phi) is 4.12. The zero-order valence-corrected chi connectivity index (χ0v) is 11.0. The molecule has 18 heavy (non-hydrogen) atoms.